The second-order valence-corrected chi connectivity index (χ2v) is 7.72. The fourth-order valence-corrected chi connectivity index (χ4v) is 3.68. The molecule has 2 aromatic heterocycles. The first-order chi connectivity index (χ1) is 16.5. The summed E-state index contributed by atoms with van der Waals surface area (Å²) in [6.45, 7) is 1.84. The van der Waals surface area contributed by atoms with Gasteiger partial charge in [0, 0.05) is 17.1 Å². The summed E-state index contributed by atoms with van der Waals surface area (Å²) in [6.07, 6.45) is 1.41. The Labute approximate surface area is 193 Å². The van der Waals surface area contributed by atoms with Crippen molar-refractivity contribution in [2.24, 2.45) is 0 Å². The van der Waals surface area contributed by atoms with E-state index in [4.69, 9.17) is 0 Å². The molecule has 34 heavy (non-hydrogen) atoms. The van der Waals surface area contributed by atoms with Crippen molar-refractivity contribution in [3.05, 3.63) is 100 Å². The average Bonchev–Trinajstić information content (AvgIpc) is 3.26. The molecule has 0 saturated heterocycles. The summed E-state index contributed by atoms with van der Waals surface area (Å²) in [5.74, 6) is -0.435. The number of amides is 3. The molecule has 0 fully saturated rings. The second kappa shape index (κ2) is 8.55. The summed E-state index contributed by atoms with van der Waals surface area (Å²) in [6, 6.07) is 20.9. The number of benzene rings is 3. The van der Waals surface area contributed by atoms with Crippen LogP contribution in [0.5, 0.6) is 0 Å². The normalized spacial score (nSPS) is 10.9. The Bertz CT molecular complexity index is 1600. The van der Waals surface area contributed by atoms with E-state index in [-0.39, 0.29) is 11.1 Å². The van der Waals surface area contributed by atoms with E-state index in [2.05, 4.69) is 26.0 Å². The number of carbonyl (C=O) groups excluding carboxylic acids is 2. The number of urea groups is 1. The molecule has 3 aromatic carbocycles. The molecule has 3 amide bonds. The molecule has 5 aromatic rings. The first-order valence-electron chi connectivity index (χ1n) is 10.5. The van der Waals surface area contributed by atoms with Crippen LogP contribution in [0.3, 0.4) is 0 Å². The Hall–Kier alpha value is -4.92. The number of hydrogen-bond donors (Lipinski definition) is 4. The van der Waals surface area contributed by atoms with Gasteiger partial charge < -0.3 is 20.9 Å². The maximum Gasteiger partial charge on any atom is 0.323 e. The molecule has 9 nitrogen and oxygen atoms in total. The topological polar surface area (TPSA) is 120 Å². The number of rotatable bonds is 4. The number of aromatic nitrogens is 3. The maximum absolute atomic E-state index is 13.1. The van der Waals surface area contributed by atoms with E-state index in [1.165, 1.54) is 10.7 Å². The van der Waals surface area contributed by atoms with Gasteiger partial charge in [-0.3, -0.25) is 9.59 Å². The molecule has 4 N–H and O–H groups in total. The lowest BCUT2D eigenvalue weighted by molar-refractivity contribution is 0.102. The zero-order valence-corrected chi connectivity index (χ0v) is 18.1. The Morgan fingerprint density at radius 3 is 2.44 bits per heavy atom. The molecule has 0 spiro atoms. The number of aryl methyl sites for hydroxylation is 1. The summed E-state index contributed by atoms with van der Waals surface area (Å²) in [5, 5.41) is 13.1. The van der Waals surface area contributed by atoms with E-state index in [0.717, 1.165) is 5.56 Å². The van der Waals surface area contributed by atoms with E-state index in [1.807, 2.05) is 25.1 Å². The van der Waals surface area contributed by atoms with Crippen LogP contribution in [-0.2, 0) is 0 Å². The number of fused-ring (bicyclic) bond motifs is 3. The molecular weight excluding hydrogens is 432 g/mol. The first kappa shape index (κ1) is 21.0. The highest BCUT2D eigenvalue weighted by Crippen LogP contribution is 2.22. The molecule has 2 heterocycles. The van der Waals surface area contributed by atoms with Crippen LogP contribution < -0.4 is 21.5 Å². The van der Waals surface area contributed by atoms with Crippen molar-refractivity contribution < 1.29 is 9.59 Å². The average molecular weight is 452 g/mol. The highest BCUT2D eigenvalue weighted by Gasteiger charge is 2.17. The van der Waals surface area contributed by atoms with Crippen LogP contribution in [0.2, 0.25) is 0 Å². The lowest BCUT2D eigenvalue weighted by Gasteiger charge is -2.12. The van der Waals surface area contributed by atoms with Crippen molar-refractivity contribution >= 4 is 45.6 Å². The van der Waals surface area contributed by atoms with E-state index in [1.54, 1.807) is 54.6 Å². The molecule has 9 heteroatoms. The van der Waals surface area contributed by atoms with E-state index in [0.29, 0.717) is 33.6 Å². The lowest BCUT2D eigenvalue weighted by Crippen LogP contribution is -2.20. The lowest BCUT2D eigenvalue weighted by atomic mass is 10.1. The second-order valence-electron chi connectivity index (χ2n) is 7.72. The molecule has 0 aliphatic rings. The van der Waals surface area contributed by atoms with Crippen molar-refractivity contribution in [3.63, 3.8) is 0 Å². The number of carbonyl (C=O) groups is 2. The number of nitrogens with zero attached hydrogens (tertiary/aromatic N) is 2. The predicted octanol–water partition coefficient (Wildman–Crippen LogP) is 4.38. The highest BCUT2D eigenvalue weighted by atomic mass is 16.2. The largest absolute Gasteiger partial charge is 0.323 e. The number of para-hydroxylation sites is 2. The van der Waals surface area contributed by atoms with Crippen LogP contribution in [0.4, 0.5) is 21.9 Å². The number of H-pyrrole nitrogens is 1. The van der Waals surface area contributed by atoms with E-state index in [9.17, 15) is 14.4 Å². The van der Waals surface area contributed by atoms with Gasteiger partial charge in [-0.05, 0) is 48.9 Å². The van der Waals surface area contributed by atoms with Crippen molar-refractivity contribution in [3.8, 4) is 0 Å². The summed E-state index contributed by atoms with van der Waals surface area (Å²) >= 11 is 0. The minimum Gasteiger partial charge on any atom is -0.322 e. The molecule has 0 saturated carbocycles. The van der Waals surface area contributed by atoms with Crippen molar-refractivity contribution in [2.75, 3.05) is 16.0 Å². The zero-order valence-electron chi connectivity index (χ0n) is 18.1. The summed E-state index contributed by atoms with van der Waals surface area (Å²) in [5.41, 5.74) is 3.32. The van der Waals surface area contributed by atoms with Gasteiger partial charge in [-0.2, -0.15) is 5.10 Å². The van der Waals surface area contributed by atoms with E-state index < -0.39 is 11.9 Å². The molecule has 0 atom stereocenters. The summed E-state index contributed by atoms with van der Waals surface area (Å²) in [4.78, 5) is 40.6. The number of hydrogen-bond acceptors (Lipinski definition) is 4. The molecular formula is C25H20N6O3. The number of anilines is 3. The molecule has 168 valence electrons. The SMILES string of the molecule is Cc1ccc(NC(=O)Nc2ccccc2)cc1NC(=O)c1cnn2c1[nH]c(=O)c1ccccc12. The third-order valence-corrected chi connectivity index (χ3v) is 5.40. The predicted molar refractivity (Wildman–Crippen MR) is 132 cm³/mol. The number of aromatic amines is 1. The molecule has 5 rings (SSSR count). The van der Waals surface area contributed by atoms with Gasteiger partial charge in [0.2, 0.25) is 0 Å². The van der Waals surface area contributed by atoms with Crippen LogP contribution in [0.1, 0.15) is 15.9 Å². The third kappa shape index (κ3) is 3.97. The fraction of sp³-hybridized carbons (Fsp3) is 0.0400. The van der Waals surface area contributed by atoms with Gasteiger partial charge in [0.25, 0.3) is 11.5 Å². The third-order valence-electron chi connectivity index (χ3n) is 5.40. The van der Waals surface area contributed by atoms with Crippen LogP contribution in [0, 0.1) is 6.92 Å². The van der Waals surface area contributed by atoms with Gasteiger partial charge in [0.05, 0.1) is 17.1 Å². The molecule has 0 radical (unpaired) electrons. The quantitative estimate of drug-likeness (QED) is 0.323. The minimum atomic E-state index is -0.435. The molecule has 0 aliphatic heterocycles. The smallest absolute Gasteiger partial charge is 0.322 e. The van der Waals surface area contributed by atoms with E-state index >= 15 is 0 Å². The monoisotopic (exact) mass is 452 g/mol. The van der Waals surface area contributed by atoms with Crippen LogP contribution in [0.15, 0.2) is 83.8 Å². The van der Waals surface area contributed by atoms with Crippen LogP contribution in [-0.4, -0.2) is 26.5 Å². The van der Waals surface area contributed by atoms with Crippen LogP contribution >= 0.6 is 0 Å². The van der Waals surface area contributed by atoms with Crippen molar-refractivity contribution in [1.82, 2.24) is 14.6 Å². The maximum atomic E-state index is 13.1. The Morgan fingerprint density at radius 2 is 1.62 bits per heavy atom. The Kier molecular flexibility index (Phi) is 5.27. The summed E-state index contributed by atoms with van der Waals surface area (Å²) in [7, 11) is 0. The van der Waals surface area contributed by atoms with Gasteiger partial charge in [-0.1, -0.05) is 36.4 Å². The zero-order chi connectivity index (χ0) is 23.7. The number of nitrogens with one attached hydrogen (secondary N) is 4. The van der Waals surface area contributed by atoms with Gasteiger partial charge in [-0.15, -0.1) is 0 Å². The molecule has 0 aliphatic carbocycles. The minimum absolute atomic E-state index is 0.224. The standard InChI is InChI=1S/C25H20N6O3/c1-15-11-12-17(28-25(34)27-16-7-3-2-4-8-16)13-20(15)29-24(33)19-14-26-31-21-10-6-5-9-18(21)23(32)30-22(19)31/h2-14H,1H3,(H,29,33)(H,30,32)(H2,27,28,34). The molecule has 0 unspecified atom stereocenters. The first-order valence-corrected chi connectivity index (χ1v) is 10.5. The molecule has 0 bridgehead atoms. The van der Waals surface area contributed by atoms with Crippen LogP contribution in [0.25, 0.3) is 16.6 Å². The highest BCUT2D eigenvalue weighted by molar-refractivity contribution is 6.09. The summed E-state index contributed by atoms with van der Waals surface area (Å²) < 4.78 is 1.53. The van der Waals surface area contributed by atoms with Crippen molar-refractivity contribution in [2.45, 2.75) is 6.92 Å². The van der Waals surface area contributed by atoms with Gasteiger partial charge in [-0.25, -0.2) is 9.31 Å². The Morgan fingerprint density at radius 1 is 0.882 bits per heavy atom. The van der Waals surface area contributed by atoms with Crippen molar-refractivity contribution in [1.29, 1.82) is 0 Å². The van der Waals surface area contributed by atoms with Gasteiger partial charge >= 0.3 is 6.03 Å². The van der Waals surface area contributed by atoms with Gasteiger partial charge in [0.1, 0.15) is 11.2 Å². The van der Waals surface area contributed by atoms with Gasteiger partial charge in [0.15, 0.2) is 0 Å². The Balaban J connectivity index is 1.39. The fourth-order valence-electron chi connectivity index (χ4n) is 3.68.